The van der Waals surface area contributed by atoms with Gasteiger partial charge in [0.2, 0.25) is 5.89 Å². The molecule has 0 saturated carbocycles. The Morgan fingerprint density at radius 2 is 1.86 bits per heavy atom. The molecule has 1 N–H and O–H groups in total. The van der Waals surface area contributed by atoms with E-state index < -0.39 is 17.8 Å². The summed E-state index contributed by atoms with van der Waals surface area (Å²) in [5, 5.41) is 13.3. The standard InChI is InChI=1S/C19H21F3N4O3/c1-11-23-17(29-24-11)14-5-13(12-3-2-4-15(6-12)19(20,21)22)7-25(8-14)18(28)26-9-16(27)10-26/h2-4,6,13-14,16,27H,5,7-10H2,1H3. The highest BCUT2D eigenvalue weighted by atomic mass is 19.4. The minimum absolute atomic E-state index is 0.242. The number of carbonyl (C=O) groups excluding carboxylic acids is 1. The van der Waals surface area contributed by atoms with Crippen molar-refractivity contribution in [3.8, 4) is 0 Å². The Morgan fingerprint density at radius 3 is 2.48 bits per heavy atom. The molecule has 2 aromatic rings. The normalized spacial score (nSPS) is 23.2. The number of nitrogens with zero attached hydrogens (tertiary/aromatic N) is 4. The number of β-amino-alcohol motifs (C(OH)–C–C–N with tert-alkyl or cyclic N) is 1. The monoisotopic (exact) mass is 410 g/mol. The van der Waals surface area contributed by atoms with Gasteiger partial charge in [0.25, 0.3) is 0 Å². The minimum atomic E-state index is -4.43. The van der Waals surface area contributed by atoms with Crippen LogP contribution in [0.25, 0.3) is 0 Å². The van der Waals surface area contributed by atoms with Crippen LogP contribution in [-0.4, -0.2) is 63.4 Å². The number of aliphatic hydroxyl groups excluding tert-OH is 1. The molecule has 156 valence electrons. The zero-order valence-corrected chi connectivity index (χ0v) is 15.8. The number of piperidine rings is 1. The number of urea groups is 1. The van der Waals surface area contributed by atoms with Crippen molar-refractivity contribution in [1.29, 1.82) is 0 Å². The van der Waals surface area contributed by atoms with Gasteiger partial charge >= 0.3 is 12.2 Å². The summed E-state index contributed by atoms with van der Waals surface area (Å²) in [6.45, 7) is 2.82. The predicted molar refractivity (Wildman–Crippen MR) is 95.1 cm³/mol. The number of aromatic nitrogens is 2. The second-order valence-electron chi connectivity index (χ2n) is 7.68. The van der Waals surface area contributed by atoms with E-state index in [1.807, 2.05) is 0 Å². The van der Waals surface area contributed by atoms with Crippen LogP contribution in [0.15, 0.2) is 28.8 Å². The van der Waals surface area contributed by atoms with Crippen molar-refractivity contribution in [3.05, 3.63) is 47.1 Å². The Hall–Kier alpha value is -2.62. The molecule has 0 radical (unpaired) electrons. The summed E-state index contributed by atoms with van der Waals surface area (Å²) < 4.78 is 44.7. The lowest BCUT2D eigenvalue weighted by molar-refractivity contribution is -0.137. The number of benzene rings is 1. The molecule has 2 saturated heterocycles. The minimum Gasteiger partial charge on any atom is -0.389 e. The van der Waals surface area contributed by atoms with Crippen LogP contribution in [-0.2, 0) is 6.18 Å². The first-order chi connectivity index (χ1) is 13.7. The van der Waals surface area contributed by atoms with Crippen molar-refractivity contribution in [2.45, 2.75) is 37.5 Å². The number of rotatable bonds is 2. The van der Waals surface area contributed by atoms with Crippen molar-refractivity contribution in [2.75, 3.05) is 26.2 Å². The first-order valence-corrected chi connectivity index (χ1v) is 9.40. The van der Waals surface area contributed by atoms with E-state index in [2.05, 4.69) is 10.1 Å². The molecule has 4 rings (SSSR count). The Labute approximate surface area is 165 Å². The molecule has 0 spiro atoms. The quantitative estimate of drug-likeness (QED) is 0.823. The van der Waals surface area contributed by atoms with Crippen molar-refractivity contribution in [1.82, 2.24) is 19.9 Å². The Balaban J connectivity index is 1.61. The van der Waals surface area contributed by atoms with E-state index in [9.17, 15) is 23.1 Å². The van der Waals surface area contributed by atoms with Crippen molar-refractivity contribution in [2.24, 2.45) is 0 Å². The predicted octanol–water partition coefficient (Wildman–Crippen LogP) is 2.77. The summed E-state index contributed by atoms with van der Waals surface area (Å²) in [5.41, 5.74) is -0.197. The van der Waals surface area contributed by atoms with E-state index in [0.717, 1.165) is 12.1 Å². The lowest BCUT2D eigenvalue weighted by Crippen LogP contribution is -2.59. The number of halogens is 3. The van der Waals surface area contributed by atoms with Gasteiger partial charge in [0.15, 0.2) is 5.82 Å². The molecular formula is C19H21F3N4O3. The molecule has 2 amide bonds. The van der Waals surface area contributed by atoms with Crippen LogP contribution in [0.2, 0.25) is 0 Å². The summed E-state index contributed by atoms with van der Waals surface area (Å²) in [5.74, 6) is 0.253. The maximum absolute atomic E-state index is 13.2. The highest BCUT2D eigenvalue weighted by Gasteiger charge is 2.39. The van der Waals surface area contributed by atoms with Gasteiger partial charge in [-0.05, 0) is 25.0 Å². The van der Waals surface area contributed by atoms with Gasteiger partial charge in [-0.15, -0.1) is 0 Å². The smallest absolute Gasteiger partial charge is 0.389 e. The first-order valence-electron chi connectivity index (χ1n) is 9.40. The van der Waals surface area contributed by atoms with Crippen LogP contribution >= 0.6 is 0 Å². The topological polar surface area (TPSA) is 82.7 Å². The van der Waals surface area contributed by atoms with Gasteiger partial charge < -0.3 is 19.4 Å². The first kappa shape index (κ1) is 19.7. The van der Waals surface area contributed by atoms with Crippen LogP contribution in [0.1, 0.15) is 41.1 Å². The van der Waals surface area contributed by atoms with Gasteiger partial charge in [-0.3, -0.25) is 0 Å². The molecule has 2 unspecified atom stereocenters. The molecule has 2 aliphatic heterocycles. The summed E-state index contributed by atoms with van der Waals surface area (Å²) in [7, 11) is 0. The molecule has 29 heavy (non-hydrogen) atoms. The average Bonchev–Trinajstić information content (AvgIpc) is 3.10. The van der Waals surface area contributed by atoms with Crippen LogP contribution in [0, 0.1) is 6.92 Å². The molecule has 10 heteroatoms. The third kappa shape index (κ3) is 4.07. The molecule has 2 fully saturated rings. The second-order valence-corrected chi connectivity index (χ2v) is 7.68. The van der Waals surface area contributed by atoms with E-state index in [-0.39, 0.29) is 37.5 Å². The number of aliphatic hydroxyl groups is 1. The van der Waals surface area contributed by atoms with E-state index in [0.29, 0.717) is 30.2 Å². The average molecular weight is 410 g/mol. The SMILES string of the molecule is Cc1noc(C2CC(c3cccc(C(F)(F)F)c3)CN(C(=O)N3CC(O)C3)C2)n1. The fraction of sp³-hybridized carbons (Fsp3) is 0.526. The highest BCUT2D eigenvalue weighted by molar-refractivity contribution is 5.75. The fourth-order valence-electron chi connectivity index (χ4n) is 3.94. The molecule has 1 aromatic carbocycles. The lowest BCUT2D eigenvalue weighted by atomic mass is 9.84. The van der Waals surface area contributed by atoms with Crippen molar-refractivity contribution >= 4 is 6.03 Å². The molecule has 7 nitrogen and oxygen atoms in total. The molecular weight excluding hydrogens is 389 g/mol. The summed E-state index contributed by atoms with van der Waals surface area (Å²) in [6.07, 6.45) is -4.47. The van der Waals surface area contributed by atoms with Gasteiger partial charge in [0, 0.05) is 19.0 Å². The molecule has 2 aliphatic rings. The molecule has 0 aliphatic carbocycles. The van der Waals surface area contributed by atoms with Crippen LogP contribution < -0.4 is 0 Å². The van der Waals surface area contributed by atoms with E-state index in [1.54, 1.807) is 17.9 Å². The number of amides is 2. The molecule has 0 bridgehead atoms. The van der Waals surface area contributed by atoms with Gasteiger partial charge in [-0.25, -0.2) is 4.79 Å². The Kier molecular flexibility index (Phi) is 4.97. The van der Waals surface area contributed by atoms with Crippen molar-refractivity contribution < 1.29 is 27.6 Å². The maximum Gasteiger partial charge on any atom is 0.416 e. The number of likely N-dealkylation sites (tertiary alicyclic amines) is 2. The Morgan fingerprint density at radius 1 is 1.17 bits per heavy atom. The third-order valence-electron chi connectivity index (χ3n) is 5.43. The van der Waals surface area contributed by atoms with E-state index in [4.69, 9.17) is 4.52 Å². The largest absolute Gasteiger partial charge is 0.416 e. The number of carbonyl (C=O) groups is 1. The molecule has 2 atom stereocenters. The second kappa shape index (κ2) is 7.33. The lowest BCUT2D eigenvalue weighted by Gasteiger charge is -2.43. The zero-order valence-electron chi connectivity index (χ0n) is 15.8. The van der Waals surface area contributed by atoms with Gasteiger partial charge in [-0.1, -0.05) is 23.4 Å². The fourth-order valence-corrected chi connectivity index (χ4v) is 3.94. The molecule has 1 aromatic heterocycles. The van der Waals surface area contributed by atoms with Gasteiger partial charge in [-0.2, -0.15) is 18.2 Å². The van der Waals surface area contributed by atoms with Gasteiger partial charge in [0.05, 0.1) is 30.7 Å². The van der Waals surface area contributed by atoms with Crippen molar-refractivity contribution in [3.63, 3.8) is 0 Å². The highest BCUT2D eigenvalue weighted by Crippen LogP contribution is 2.38. The van der Waals surface area contributed by atoms with Crippen LogP contribution in [0.5, 0.6) is 0 Å². The number of alkyl halides is 3. The third-order valence-corrected chi connectivity index (χ3v) is 5.43. The van der Waals surface area contributed by atoms with E-state index in [1.165, 1.54) is 11.0 Å². The van der Waals surface area contributed by atoms with Gasteiger partial charge in [0.1, 0.15) is 0 Å². The summed E-state index contributed by atoms with van der Waals surface area (Å²) >= 11 is 0. The maximum atomic E-state index is 13.2. The number of aryl methyl sites for hydroxylation is 1. The van der Waals surface area contributed by atoms with Crippen LogP contribution in [0.4, 0.5) is 18.0 Å². The van der Waals surface area contributed by atoms with E-state index >= 15 is 0 Å². The Bertz CT molecular complexity index is 895. The summed E-state index contributed by atoms with van der Waals surface area (Å²) in [4.78, 5) is 20.2. The number of hydrogen-bond acceptors (Lipinski definition) is 5. The van der Waals surface area contributed by atoms with Crippen LogP contribution in [0.3, 0.4) is 0 Å². The number of hydrogen-bond donors (Lipinski definition) is 1. The summed E-state index contributed by atoms with van der Waals surface area (Å²) in [6, 6.07) is 4.97. The molecule has 3 heterocycles. The zero-order chi connectivity index (χ0) is 20.8.